The maximum Gasteiger partial charge on any atom is 0.136 e. The molecule has 52 heavy (non-hydrogen) atoms. The molecule has 9 aromatic carbocycles. The number of hydrogen-bond acceptors (Lipinski definition) is 2. The van der Waals surface area contributed by atoms with Crippen molar-refractivity contribution in [2.75, 3.05) is 4.90 Å². The number of benzene rings is 9. The highest BCUT2D eigenvalue weighted by atomic mass is 16.3. The molecule has 1 heterocycles. The smallest absolute Gasteiger partial charge is 0.136 e. The number of hydrogen-bond donors (Lipinski definition) is 0. The zero-order chi connectivity index (χ0) is 34.4. The Kier molecular flexibility index (Phi) is 7.18. The molecule has 0 aliphatic rings. The maximum atomic E-state index is 6.60. The first-order chi connectivity index (χ1) is 25.8. The maximum absolute atomic E-state index is 6.60. The molecule has 0 radical (unpaired) electrons. The van der Waals surface area contributed by atoms with Crippen LogP contribution in [0.5, 0.6) is 0 Å². The van der Waals surface area contributed by atoms with E-state index in [1.165, 1.54) is 44.0 Å². The van der Waals surface area contributed by atoms with Crippen LogP contribution in [0.4, 0.5) is 17.1 Å². The fourth-order valence-electron chi connectivity index (χ4n) is 7.72. The minimum Gasteiger partial charge on any atom is -0.456 e. The van der Waals surface area contributed by atoms with Crippen LogP contribution in [0.25, 0.3) is 76.9 Å². The number of fused-ring (bicyclic) bond motifs is 6. The van der Waals surface area contributed by atoms with Gasteiger partial charge in [-0.3, -0.25) is 0 Å². The first-order valence-electron chi connectivity index (χ1n) is 17.8. The third-order valence-corrected chi connectivity index (χ3v) is 10.2. The van der Waals surface area contributed by atoms with Gasteiger partial charge in [0.05, 0.1) is 0 Å². The van der Waals surface area contributed by atoms with Gasteiger partial charge in [0.15, 0.2) is 0 Å². The van der Waals surface area contributed by atoms with Gasteiger partial charge in [-0.2, -0.15) is 0 Å². The molecule has 0 saturated heterocycles. The molecule has 2 nitrogen and oxygen atoms in total. The average molecular weight is 664 g/mol. The Morgan fingerprint density at radius 1 is 0.308 bits per heavy atom. The highest BCUT2D eigenvalue weighted by molar-refractivity contribution is 6.23. The predicted molar refractivity (Wildman–Crippen MR) is 220 cm³/mol. The van der Waals surface area contributed by atoms with E-state index in [-0.39, 0.29) is 0 Å². The van der Waals surface area contributed by atoms with E-state index in [2.05, 4.69) is 199 Å². The molecule has 0 fully saturated rings. The van der Waals surface area contributed by atoms with E-state index < -0.39 is 0 Å². The summed E-state index contributed by atoms with van der Waals surface area (Å²) in [5.41, 5.74) is 12.1. The van der Waals surface area contributed by atoms with Crippen LogP contribution < -0.4 is 4.90 Å². The Morgan fingerprint density at radius 3 is 1.62 bits per heavy atom. The number of anilines is 3. The summed E-state index contributed by atoms with van der Waals surface area (Å²) in [5.74, 6) is 0. The summed E-state index contributed by atoms with van der Waals surface area (Å²) in [7, 11) is 0. The molecule has 0 amide bonds. The van der Waals surface area contributed by atoms with Crippen LogP contribution in [0.15, 0.2) is 205 Å². The molecule has 0 bridgehead atoms. The zero-order valence-electron chi connectivity index (χ0n) is 28.4. The van der Waals surface area contributed by atoms with Gasteiger partial charge in [0.2, 0.25) is 0 Å². The SMILES string of the molecule is c1ccc(-c2cccc(N(c3cccc(-c4ccccc4)c3)c3ccc4c(-c5ccc6ccccc6c5)cc5oc6ccccc6c5c4c3)c2)cc1. The third kappa shape index (κ3) is 5.21. The molecule has 10 aromatic rings. The molecule has 1 aromatic heterocycles. The normalized spacial score (nSPS) is 11.5. The highest BCUT2D eigenvalue weighted by Gasteiger charge is 2.20. The minimum atomic E-state index is 0.887. The Hall–Kier alpha value is -6.90. The Balaban J connectivity index is 1.23. The molecule has 0 atom stereocenters. The number of para-hydroxylation sites is 1. The summed E-state index contributed by atoms with van der Waals surface area (Å²) in [6.07, 6.45) is 0. The van der Waals surface area contributed by atoms with Crippen molar-refractivity contribution in [3.05, 3.63) is 200 Å². The molecular formula is C50H33NO. The topological polar surface area (TPSA) is 16.4 Å². The number of rotatable bonds is 6. The quantitative estimate of drug-likeness (QED) is 0.176. The fraction of sp³-hybridized carbons (Fsp3) is 0. The van der Waals surface area contributed by atoms with Gasteiger partial charge < -0.3 is 9.32 Å². The molecule has 0 unspecified atom stereocenters. The Labute approximate surface area is 302 Å². The van der Waals surface area contributed by atoms with Gasteiger partial charge in [-0.05, 0) is 110 Å². The van der Waals surface area contributed by atoms with Crippen molar-refractivity contribution in [2.45, 2.75) is 0 Å². The van der Waals surface area contributed by atoms with E-state index in [0.29, 0.717) is 0 Å². The summed E-state index contributed by atoms with van der Waals surface area (Å²) in [4.78, 5) is 2.38. The van der Waals surface area contributed by atoms with Crippen molar-refractivity contribution in [1.82, 2.24) is 0 Å². The second-order valence-corrected chi connectivity index (χ2v) is 13.4. The summed E-state index contributed by atoms with van der Waals surface area (Å²) in [6.45, 7) is 0. The van der Waals surface area contributed by atoms with E-state index in [1.807, 2.05) is 6.07 Å². The lowest BCUT2D eigenvalue weighted by atomic mass is 9.93. The van der Waals surface area contributed by atoms with Crippen molar-refractivity contribution in [1.29, 1.82) is 0 Å². The van der Waals surface area contributed by atoms with Gasteiger partial charge >= 0.3 is 0 Å². The van der Waals surface area contributed by atoms with Crippen LogP contribution in [0, 0.1) is 0 Å². The molecule has 10 rings (SSSR count). The van der Waals surface area contributed by atoms with E-state index in [4.69, 9.17) is 4.42 Å². The van der Waals surface area contributed by atoms with E-state index in [1.54, 1.807) is 0 Å². The fourth-order valence-corrected chi connectivity index (χ4v) is 7.72. The molecular weight excluding hydrogens is 631 g/mol. The second kappa shape index (κ2) is 12.5. The largest absolute Gasteiger partial charge is 0.456 e. The summed E-state index contributed by atoms with van der Waals surface area (Å²) in [6, 6.07) is 71.7. The van der Waals surface area contributed by atoms with Crippen molar-refractivity contribution in [2.24, 2.45) is 0 Å². The van der Waals surface area contributed by atoms with Gasteiger partial charge in [0, 0.05) is 27.8 Å². The summed E-state index contributed by atoms with van der Waals surface area (Å²) in [5, 5.41) is 7.05. The average Bonchev–Trinajstić information content (AvgIpc) is 3.60. The lowest BCUT2D eigenvalue weighted by molar-refractivity contribution is 0.669. The lowest BCUT2D eigenvalue weighted by Gasteiger charge is -2.27. The Morgan fingerprint density at radius 2 is 0.904 bits per heavy atom. The molecule has 244 valence electrons. The van der Waals surface area contributed by atoms with Gasteiger partial charge in [0.25, 0.3) is 0 Å². The molecule has 0 saturated carbocycles. The van der Waals surface area contributed by atoms with Crippen LogP contribution in [0.3, 0.4) is 0 Å². The molecule has 2 heteroatoms. The van der Waals surface area contributed by atoms with E-state index in [0.717, 1.165) is 50.0 Å². The standard InChI is InChI=1S/C50H33NO/c1-3-13-34(14-4-1)38-19-11-21-41(30-38)51(42-22-12-20-39(31-42)35-15-5-2-6-16-35)43-27-28-44-46(40-26-25-36-17-7-8-18-37(36)29-40)33-49-50(47(44)32-43)45-23-9-10-24-48(45)52-49/h1-33H. The predicted octanol–water partition coefficient (Wildman–Crippen LogP) is 14.4. The molecule has 0 spiro atoms. The van der Waals surface area contributed by atoms with E-state index >= 15 is 0 Å². The third-order valence-electron chi connectivity index (χ3n) is 10.2. The van der Waals surface area contributed by atoms with Crippen LogP contribution in [-0.2, 0) is 0 Å². The van der Waals surface area contributed by atoms with Crippen molar-refractivity contribution in [3.8, 4) is 33.4 Å². The van der Waals surface area contributed by atoms with Crippen LogP contribution in [0.1, 0.15) is 0 Å². The Bertz CT molecular complexity index is 2820. The highest BCUT2D eigenvalue weighted by Crippen LogP contribution is 2.45. The van der Waals surface area contributed by atoms with Crippen LogP contribution >= 0.6 is 0 Å². The van der Waals surface area contributed by atoms with Crippen molar-refractivity contribution >= 4 is 60.5 Å². The lowest BCUT2D eigenvalue weighted by Crippen LogP contribution is -2.10. The van der Waals surface area contributed by atoms with Crippen molar-refractivity contribution in [3.63, 3.8) is 0 Å². The second-order valence-electron chi connectivity index (χ2n) is 13.4. The molecule has 0 aliphatic carbocycles. The van der Waals surface area contributed by atoms with Crippen LogP contribution in [-0.4, -0.2) is 0 Å². The molecule has 0 aliphatic heterocycles. The minimum absolute atomic E-state index is 0.887. The number of nitrogens with zero attached hydrogens (tertiary/aromatic N) is 1. The first kappa shape index (κ1) is 30.0. The first-order valence-corrected chi connectivity index (χ1v) is 17.8. The van der Waals surface area contributed by atoms with Crippen molar-refractivity contribution < 1.29 is 4.42 Å². The van der Waals surface area contributed by atoms with Gasteiger partial charge in [-0.1, -0.05) is 146 Å². The summed E-state index contributed by atoms with van der Waals surface area (Å²) < 4.78 is 6.60. The monoisotopic (exact) mass is 663 g/mol. The molecule has 0 N–H and O–H groups in total. The van der Waals surface area contributed by atoms with Gasteiger partial charge in [-0.15, -0.1) is 0 Å². The van der Waals surface area contributed by atoms with Crippen LogP contribution in [0.2, 0.25) is 0 Å². The van der Waals surface area contributed by atoms with E-state index in [9.17, 15) is 0 Å². The zero-order valence-corrected chi connectivity index (χ0v) is 28.4. The van der Waals surface area contributed by atoms with Gasteiger partial charge in [0.1, 0.15) is 11.2 Å². The number of furan rings is 1. The van der Waals surface area contributed by atoms with Gasteiger partial charge in [-0.25, -0.2) is 0 Å². The summed E-state index contributed by atoms with van der Waals surface area (Å²) >= 11 is 0.